The number of nitrogens with zero attached hydrogens (tertiary/aromatic N) is 3. The molecule has 39 heavy (non-hydrogen) atoms. The van der Waals surface area contributed by atoms with Crippen LogP contribution in [0.5, 0.6) is 0 Å². The van der Waals surface area contributed by atoms with Crippen LogP contribution in [0, 0.1) is 10.1 Å². The molecule has 15 heteroatoms. The number of amides is 3. The molecule has 0 saturated carbocycles. The second-order valence-corrected chi connectivity index (χ2v) is 10.5. The Labute approximate surface area is 221 Å². The number of esters is 1. The SMILES string of the molecule is CC(=O)C(C(=O)OCc1ccccc1)N1C(=O)[C@@H](N2C(=O)c3ccc([N+](=O)[O-])cc3C2=O)[C@H]1COS(C)(=O)=O. The monoisotopic (exact) mass is 559 g/mol. The van der Waals surface area contributed by atoms with Crippen LogP contribution < -0.4 is 0 Å². The molecule has 3 atom stereocenters. The third-order valence-corrected chi connectivity index (χ3v) is 6.75. The maximum atomic E-state index is 13.3. The Balaban J connectivity index is 1.64. The van der Waals surface area contributed by atoms with Gasteiger partial charge in [-0.1, -0.05) is 30.3 Å². The lowest BCUT2D eigenvalue weighted by molar-refractivity contribution is -0.384. The van der Waals surface area contributed by atoms with Gasteiger partial charge in [-0.15, -0.1) is 0 Å². The van der Waals surface area contributed by atoms with Crippen LogP contribution in [-0.4, -0.2) is 83.6 Å². The number of carbonyl (C=O) groups is 5. The van der Waals surface area contributed by atoms with Crippen molar-refractivity contribution in [3.63, 3.8) is 0 Å². The summed E-state index contributed by atoms with van der Waals surface area (Å²) in [6.45, 7) is -0.000181. The van der Waals surface area contributed by atoms with Crippen LogP contribution in [0.15, 0.2) is 48.5 Å². The van der Waals surface area contributed by atoms with E-state index in [4.69, 9.17) is 8.92 Å². The van der Waals surface area contributed by atoms with Gasteiger partial charge in [-0.2, -0.15) is 8.42 Å². The van der Waals surface area contributed by atoms with Crippen molar-refractivity contribution < 1.29 is 46.2 Å². The van der Waals surface area contributed by atoms with Gasteiger partial charge in [-0.05, 0) is 18.6 Å². The van der Waals surface area contributed by atoms with Gasteiger partial charge in [0.15, 0.2) is 11.8 Å². The molecule has 2 aromatic carbocycles. The number of nitro groups is 1. The first-order valence-electron chi connectivity index (χ1n) is 11.4. The molecule has 2 aromatic rings. The second-order valence-electron chi connectivity index (χ2n) is 8.82. The van der Waals surface area contributed by atoms with Gasteiger partial charge in [-0.3, -0.25) is 38.4 Å². The fraction of sp³-hybridized carbons (Fsp3) is 0.292. The second kappa shape index (κ2) is 10.3. The molecule has 3 amide bonds. The summed E-state index contributed by atoms with van der Waals surface area (Å²) in [4.78, 5) is 76.5. The van der Waals surface area contributed by atoms with Gasteiger partial charge in [0.2, 0.25) is 5.91 Å². The average molecular weight is 560 g/mol. The van der Waals surface area contributed by atoms with Crippen LogP contribution in [0.25, 0.3) is 0 Å². The van der Waals surface area contributed by atoms with Crippen molar-refractivity contribution in [1.29, 1.82) is 0 Å². The molecule has 2 aliphatic heterocycles. The number of Topliss-reactive ketones (excluding diaryl/α,β-unsaturated/α-hetero) is 1. The van der Waals surface area contributed by atoms with E-state index in [1.54, 1.807) is 30.3 Å². The van der Waals surface area contributed by atoms with E-state index in [0.29, 0.717) is 10.5 Å². The number of imide groups is 1. The van der Waals surface area contributed by atoms with E-state index in [9.17, 15) is 42.5 Å². The molecular formula is C24H21N3O11S. The number of β-lactam (4-membered cyclic amide) rings is 1. The summed E-state index contributed by atoms with van der Waals surface area (Å²) in [6, 6.07) is 6.54. The first-order valence-corrected chi connectivity index (χ1v) is 13.2. The van der Waals surface area contributed by atoms with Crippen LogP contribution in [-0.2, 0) is 40.0 Å². The lowest BCUT2D eigenvalue weighted by Crippen LogP contribution is -2.76. The van der Waals surface area contributed by atoms with Crippen molar-refractivity contribution in [2.75, 3.05) is 12.9 Å². The zero-order valence-electron chi connectivity index (χ0n) is 20.5. The number of likely N-dealkylation sites (tertiary alicyclic amines) is 1. The largest absolute Gasteiger partial charge is 0.459 e. The maximum absolute atomic E-state index is 13.3. The Morgan fingerprint density at radius 3 is 2.28 bits per heavy atom. The van der Waals surface area contributed by atoms with Crippen molar-refractivity contribution >= 4 is 45.3 Å². The summed E-state index contributed by atoms with van der Waals surface area (Å²) in [6.07, 6.45) is 0.727. The van der Waals surface area contributed by atoms with Crippen molar-refractivity contribution in [2.24, 2.45) is 0 Å². The van der Waals surface area contributed by atoms with E-state index in [0.717, 1.165) is 36.3 Å². The quantitative estimate of drug-likeness (QED) is 0.0747. The number of nitro benzene ring substituents is 1. The van der Waals surface area contributed by atoms with Gasteiger partial charge in [0.1, 0.15) is 12.6 Å². The summed E-state index contributed by atoms with van der Waals surface area (Å²) in [5, 5.41) is 11.1. The topological polar surface area (TPSA) is 188 Å². The predicted octanol–water partition coefficient (Wildman–Crippen LogP) is 0.447. The summed E-state index contributed by atoms with van der Waals surface area (Å²) in [5.41, 5.74) is -0.398. The molecule has 204 valence electrons. The molecule has 14 nitrogen and oxygen atoms in total. The van der Waals surface area contributed by atoms with Gasteiger partial charge in [0.05, 0.1) is 35.0 Å². The summed E-state index contributed by atoms with van der Waals surface area (Å²) in [7, 11) is -4.09. The summed E-state index contributed by atoms with van der Waals surface area (Å²) in [5.74, 6) is -4.94. The fourth-order valence-corrected chi connectivity index (χ4v) is 4.80. The minimum absolute atomic E-state index is 0.204. The molecule has 0 aromatic heterocycles. The van der Waals surface area contributed by atoms with Crippen LogP contribution in [0.1, 0.15) is 33.2 Å². The number of fused-ring (bicyclic) bond motifs is 1. The lowest BCUT2D eigenvalue weighted by atomic mass is 9.90. The van der Waals surface area contributed by atoms with E-state index in [2.05, 4.69) is 0 Å². The molecule has 1 saturated heterocycles. The first kappa shape index (κ1) is 27.5. The van der Waals surface area contributed by atoms with E-state index in [1.807, 2.05) is 0 Å². The number of benzene rings is 2. The third-order valence-electron chi connectivity index (χ3n) is 6.18. The molecule has 0 spiro atoms. The third kappa shape index (κ3) is 5.26. The highest BCUT2D eigenvalue weighted by Gasteiger charge is 2.60. The van der Waals surface area contributed by atoms with E-state index < -0.39 is 74.9 Å². The first-order chi connectivity index (χ1) is 18.3. The van der Waals surface area contributed by atoms with Crippen molar-refractivity contribution in [3.8, 4) is 0 Å². The highest BCUT2D eigenvalue weighted by atomic mass is 32.2. The molecule has 0 bridgehead atoms. The van der Waals surface area contributed by atoms with Crippen LogP contribution in [0.4, 0.5) is 5.69 Å². The zero-order valence-corrected chi connectivity index (χ0v) is 21.3. The Kier molecular flexibility index (Phi) is 7.30. The standard InChI is InChI=1S/C24H21N3O11S/c1-13(28)19(24(32)37-11-14-6-4-3-5-7-14)25-18(12-38-39(2,35)36)20(23(25)31)26-21(29)16-9-8-15(27(33)34)10-17(16)22(26)30/h3-10,18-20H,11-12H2,1-2H3/t18-,19?,20+/m1/s1. The van der Waals surface area contributed by atoms with Gasteiger partial charge < -0.3 is 9.64 Å². The van der Waals surface area contributed by atoms with Crippen molar-refractivity contribution in [3.05, 3.63) is 75.3 Å². The normalized spacial score (nSPS) is 19.4. The Morgan fingerprint density at radius 2 is 1.69 bits per heavy atom. The average Bonchev–Trinajstić information content (AvgIpc) is 3.12. The van der Waals surface area contributed by atoms with Crippen LogP contribution in [0.2, 0.25) is 0 Å². The highest BCUT2D eigenvalue weighted by molar-refractivity contribution is 7.85. The molecule has 4 rings (SSSR count). The minimum atomic E-state index is -4.09. The van der Waals surface area contributed by atoms with Gasteiger partial charge in [0, 0.05) is 12.1 Å². The van der Waals surface area contributed by atoms with E-state index in [-0.39, 0.29) is 17.7 Å². The van der Waals surface area contributed by atoms with Crippen molar-refractivity contribution in [1.82, 2.24) is 9.80 Å². The Morgan fingerprint density at radius 1 is 1.05 bits per heavy atom. The molecule has 1 fully saturated rings. The fourth-order valence-electron chi connectivity index (χ4n) is 4.41. The Hall–Kier alpha value is -4.50. The number of ether oxygens (including phenoxy) is 1. The van der Waals surface area contributed by atoms with Gasteiger partial charge in [-0.25, -0.2) is 4.79 Å². The number of ketones is 1. The molecule has 0 N–H and O–H groups in total. The van der Waals surface area contributed by atoms with Crippen LogP contribution >= 0.6 is 0 Å². The molecule has 0 radical (unpaired) electrons. The highest BCUT2D eigenvalue weighted by Crippen LogP contribution is 2.36. The minimum Gasteiger partial charge on any atom is -0.459 e. The lowest BCUT2D eigenvalue weighted by Gasteiger charge is -2.50. The maximum Gasteiger partial charge on any atom is 0.337 e. The molecule has 2 aliphatic rings. The van der Waals surface area contributed by atoms with Crippen LogP contribution in [0.3, 0.4) is 0 Å². The molecule has 0 aliphatic carbocycles. The predicted molar refractivity (Wildman–Crippen MR) is 130 cm³/mol. The Bertz CT molecular complexity index is 1510. The molecular weight excluding hydrogens is 538 g/mol. The van der Waals surface area contributed by atoms with E-state index >= 15 is 0 Å². The summed E-state index contributed by atoms with van der Waals surface area (Å²) < 4.78 is 33.4. The zero-order chi connectivity index (χ0) is 28.6. The number of carbonyl (C=O) groups excluding carboxylic acids is 5. The number of hydrogen-bond donors (Lipinski definition) is 0. The van der Waals surface area contributed by atoms with E-state index in [1.165, 1.54) is 0 Å². The molecule has 2 heterocycles. The van der Waals surface area contributed by atoms with Gasteiger partial charge in [0.25, 0.3) is 27.6 Å². The van der Waals surface area contributed by atoms with Gasteiger partial charge >= 0.3 is 5.97 Å². The number of rotatable bonds is 10. The molecule has 1 unspecified atom stereocenters. The smallest absolute Gasteiger partial charge is 0.337 e. The summed E-state index contributed by atoms with van der Waals surface area (Å²) >= 11 is 0. The number of hydrogen-bond acceptors (Lipinski definition) is 11. The number of non-ortho nitro benzene ring substituents is 1. The van der Waals surface area contributed by atoms with Crippen molar-refractivity contribution in [2.45, 2.75) is 31.7 Å².